The highest BCUT2D eigenvalue weighted by molar-refractivity contribution is 5.79. The van der Waals surface area contributed by atoms with Gasteiger partial charge >= 0.3 is 12.1 Å². The number of carbonyl (C=O) groups is 2. The highest BCUT2D eigenvalue weighted by Gasteiger charge is 2.45. The smallest absolute Gasteiger partial charge is 0.475 e. The van der Waals surface area contributed by atoms with Crippen LogP contribution in [0.15, 0.2) is 24.4 Å². The van der Waals surface area contributed by atoms with Gasteiger partial charge in [-0.2, -0.15) is 13.2 Å². The van der Waals surface area contributed by atoms with Crippen molar-refractivity contribution in [3.63, 3.8) is 0 Å². The number of aliphatic carboxylic acids is 1. The lowest BCUT2D eigenvalue weighted by atomic mass is 10.1. The molecule has 3 atom stereocenters. The zero-order valence-electron chi connectivity index (χ0n) is 16.4. The fraction of sp³-hybridized carbons (Fsp3) is 0.650. The number of amides is 1. The van der Waals surface area contributed by atoms with E-state index in [0.717, 1.165) is 31.1 Å². The molecule has 166 valence electrons. The zero-order valence-corrected chi connectivity index (χ0v) is 16.4. The fourth-order valence-corrected chi connectivity index (χ4v) is 3.71. The minimum atomic E-state index is -5.08. The molecule has 1 aromatic heterocycles. The van der Waals surface area contributed by atoms with Crippen LogP contribution >= 0.6 is 0 Å². The molecule has 0 aromatic carbocycles. The first-order chi connectivity index (χ1) is 14.3. The third-order valence-corrected chi connectivity index (χ3v) is 5.40. The molecule has 3 unspecified atom stereocenters. The highest BCUT2D eigenvalue weighted by Crippen LogP contribution is 2.35. The largest absolute Gasteiger partial charge is 0.490 e. The minimum Gasteiger partial charge on any atom is -0.475 e. The van der Waals surface area contributed by atoms with Gasteiger partial charge in [0.25, 0.3) is 0 Å². The van der Waals surface area contributed by atoms with Crippen molar-refractivity contribution in [1.29, 1.82) is 0 Å². The molecule has 1 saturated heterocycles. The Hall–Kier alpha value is -2.20. The molecule has 3 aliphatic rings. The van der Waals surface area contributed by atoms with Gasteiger partial charge in [0.05, 0.1) is 25.2 Å². The second-order valence-electron chi connectivity index (χ2n) is 7.68. The Morgan fingerprint density at radius 3 is 2.57 bits per heavy atom. The second-order valence-corrected chi connectivity index (χ2v) is 7.68. The van der Waals surface area contributed by atoms with Crippen LogP contribution in [-0.4, -0.2) is 71.1 Å². The number of ether oxygens (including phenoxy) is 2. The van der Waals surface area contributed by atoms with Gasteiger partial charge in [0.1, 0.15) is 6.10 Å². The molecule has 7 nitrogen and oxygen atoms in total. The molecule has 2 bridgehead atoms. The quantitative estimate of drug-likeness (QED) is 0.772. The zero-order chi connectivity index (χ0) is 21.7. The molecule has 2 heterocycles. The first kappa shape index (κ1) is 22.5. The van der Waals surface area contributed by atoms with Gasteiger partial charge in [0.15, 0.2) is 0 Å². The van der Waals surface area contributed by atoms with Gasteiger partial charge < -0.3 is 19.5 Å². The lowest BCUT2D eigenvalue weighted by Crippen LogP contribution is -2.47. The Bertz CT molecular complexity index is 727. The predicted octanol–water partition coefficient (Wildman–Crippen LogP) is 2.44. The summed E-state index contributed by atoms with van der Waals surface area (Å²) in [6, 6.07) is 5.87. The van der Waals surface area contributed by atoms with E-state index in [1.807, 2.05) is 23.1 Å². The molecular formula is C20H25F3N2O5. The van der Waals surface area contributed by atoms with E-state index < -0.39 is 12.1 Å². The summed E-state index contributed by atoms with van der Waals surface area (Å²) in [7, 11) is 0. The van der Waals surface area contributed by atoms with E-state index in [-0.39, 0.29) is 24.2 Å². The van der Waals surface area contributed by atoms with Crippen LogP contribution in [-0.2, 0) is 25.5 Å². The molecule has 0 spiro atoms. The van der Waals surface area contributed by atoms with Crippen molar-refractivity contribution >= 4 is 11.9 Å². The third kappa shape index (κ3) is 6.15. The van der Waals surface area contributed by atoms with E-state index in [1.165, 1.54) is 12.8 Å². The average Bonchev–Trinajstić information content (AvgIpc) is 3.44. The Morgan fingerprint density at radius 1 is 1.23 bits per heavy atom. The number of carboxylic acid groups (broad SMARTS) is 1. The van der Waals surface area contributed by atoms with Crippen LogP contribution in [0, 0.1) is 5.92 Å². The number of aromatic nitrogens is 1. The van der Waals surface area contributed by atoms with Crippen LogP contribution in [0.25, 0.3) is 0 Å². The SMILES string of the molecule is O=C(Cc1ccccn1)N1CCOC2CCC1C2OCC1CC1.O=C(O)C(F)(F)F. The normalized spacial score (nSPS) is 25.8. The van der Waals surface area contributed by atoms with Gasteiger partial charge in [-0.25, -0.2) is 4.79 Å². The van der Waals surface area contributed by atoms with Crippen molar-refractivity contribution in [2.75, 3.05) is 19.8 Å². The Labute approximate surface area is 172 Å². The number of carboxylic acids is 1. The van der Waals surface area contributed by atoms with E-state index in [0.29, 0.717) is 19.6 Å². The van der Waals surface area contributed by atoms with Crippen molar-refractivity contribution in [3.05, 3.63) is 30.1 Å². The van der Waals surface area contributed by atoms with Crippen molar-refractivity contribution in [3.8, 4) is 0 Å². The van der Waals surface area contributed by atoms with Crippen molar-refractivity contribution in [1.82, 2.24) is 9.88 Å². The van der Waals surface area contributed by atoms with E-state index >= 15 is 0 Å². The van der Waals surface area contributed by atoms with Crippen LogP contribution in [0.3, 0.4) is 0 Å². The molecule has 4 rings (SSSR count). The lowest BCUT2D eigenvalue weighted by Gasteiger charge is -2.31. The number of carbonyl (C=O) groups excluding carboxylic acids is 1. The topological polar surface area (TPSA) is 89.0 Å². The van der Waals surface area contributed by atoms with E-state index in [4.69, 9.17) is 19.4 Å². The monoisotopic (exact) mass is 430 g/mol. The van der Waals surface area contributed by atoms with Crippen LogP contribution in [0.5, 0.6) is 0 Å². The van der Waals surface area contributed by atoms with Gasteiger partial charge in [-0.15, -0.1) is 0 Å². The van der Waals surface area contributed by atoms with Crippen molar-refractivity contribution in [2.24, 2.45) is 5.92 Å². The Kier molecular flexibility index (Phi) is 7.30. The summed E-state index contributed by atoms with van der Waals surface area (Å²) < 4.78 is 43.9. The molecule has 1 amide bonds. The third-order valence-electron chi connectivity index (χ3n) is 5.40. The molecule has 1 aliphatic heterocycles. The first-order valence-electron chi connectivity index (χ1n) is 9.98. The summed E-state index contributed by atoms with van der Waals surface area (Å²) in [6.07, 6.45) is 1.76. The number of rotatable bonds is 5. The standard InChI is InChI=1S/C18H24N2O3.C2HF3O2/c21-17(11-14-3-1-2-8-19-14)20-9-10-22-16-7-6-15(20)18(16)23-12-13-4-5-13;3-2(4,5)1(6)7/h1-3,8,13,15-16,18H,4-7,9-12H2;(H,6,7). The van der Waals surface area contributed by atoms with Gasteiger partial charge in [-0.1, -0.05) is 6.07 Å². The summed E-state index contributed by atoms with van der Waals surface area (Å²) >= 11 is 0. The number of halogens is 3. The second kappa shape index (κ2) is 9.74. The lowest BCUT2D eigenvalue weighted by molar-refractivity contribution is -0.192. The summed E-state index contributed by atoms with van der Waals surface area (Å²) in [5, 5.41) is 7.12. The number of fused-ring (bicyclic) bond motifs is 2. The van der Waals surface area contributed by atoms with Crippen LogP contribution in [0.4, 0.5) is 13.2 Å². The van der Waals surface area contributed by atoms with Gasteiger partial charge in [-0.05, 0) is 43.7 Å². The number of hydrogen-bond acceptors (Lipinski definition) is 5. The molecule has 2 aliphatic carbocycles. The minimum absolute atomic E-state index is 0.0470. The summed E-state index contributed by atoms with van der Waals surface area (Å²) in [4.78, 5) is 27.9. The van der Waals surface area contributed by atoms with Gasteiger partial charge in [0, 0.05) is 25.0 Å². The van der Waals surface area contributed by atoms with E-state index in [2.05, 4.69) is 4.98 Å². The summed E-state index contributed by atoms with van der Waals surface area (Å²) in [6.45, 7) is 2.10. The van der Waals surface area contributed by atoms with Crippen molar-refractivity contribution in [2.45, 2.75) is 56.5 Å². The van der Waals surface area contributed by atoms with Crippen molar-refractivity contribution < 1.29 is 37.3 Å². The number of nitrogens with zero attached hydrogens (tertiary/aromatic N) is 2. The fourth-order valence-electron chi connectivity index (χ4n) is 3.71. The van der Waals surface area contributed by atoms with Crippen LogP contribution in [0.1, 0.15) is 31.4 Å². The molecule has 10 heteroatoms. The maximum absolute atomic E-state index is 12.8. The molecule has 1 aromatic rings. The number of alkyl halides is 3. The maximum atomic E-state index is 12.8. The highest BCUT2D eigenvalue weighted by atomic mass is 19.4. The summed E-state index contributed by atoms with van der Waals surface area (Å²) in [5.74, 6) is -1.89. The van der Waals surface area contributed by atoms with Gasteiger partial charge in [-0.3, -0.25) is 9.78 Å². The van der Waals surface area contributed by atoms with Crippen LogP contribution in [0.2, 0.25) is 0 Å². The molecule has 2 saturated carbocycles. The number of hydrogen-bond donors (Lipinski definition) is 1. The number of pyridine rings is 1. The molecular weight excluding hydrogens is 405 g/mol. The molecule has 0 radical (unpaired) electrons. The summed E-state index contributed by atoms with van der Waals surface area (Å²) in [5.41, 5.74) is 0.827. The molecule has 3 fully saturated rings. The predicted molar refractivity (Wildman–Crippen MR) is 98.6 cm³/mol. The average molecular weight is 430 g/mol. The molecule has 30 heavy (non-hydrogen) atoms. The Balaban J connectivity index is 0.000000318. The Morgan fingerprint density at radius 2 is 1.97 bits per heavy atom. The first-order valence-corrected chi connectivity index (χ1v) is 9.98. The molecule has 1 N–H and O–H groups in total. The van der Waals surface area contributed by atoms with Crippen LogP contribution < -0.4 is 0 Å². The van der Waals surface area contributed by atoms with E-state index in [1.54, 1.807) is 6.20 Å². The van der Waals surface area contributed by atoms with E-state index in [9.17, 15) is 18.0 Å². The maximum Gasteiger partial charge on any atom is 0.490 e. The van der Waals surface area contributed by atoms with Gasteiger partial charge in [0.2, 0.25) is 5.91 Å².